The Kier molecular flexibility index (Phi) is 6.37. The van der Waals surface area contributed by atoms with E-state index in [0.29, 0.717) is 5.92 Å². The van der Waals surface area contributed by atoms with E-state index in [-0.39, 0.29) is 5.84 Å². The summed E-state index contributed by atoms with van der Waals surface area (Å²) in [5.74, 6) is 2.36. The number of hydrogen-bond acceptors (Lipinski definition) is 3. The third kappa shape index (κ3) is 4.69. The van der Waals surface area contributed by atoms with Gasteiger partial charge in [0.2, 0.25) is 0 Å². The van der Waals surface area contributed by atoms with Gasteiger partial charge in [0.05, 0.1) is 0 Å². The van der Waals surface area contributed by atoms with Crippen molar-refractivity contribution in [3.05, 3.63) is 47.8 Å². The first kappa shape index (κ1) is 18.6. The number of rotatable bonds is 7. The van der Waals surface area contributed by atoms with E-state index in [4.69, 9.17) is 11.1 Å². The van der Waals surface area contributed by atoms with Crippen molar-refractivity contribution < 1.29 is 0 Å². The molecule has 1 heterocycles. The molecule has 3 rings (SSSR count). The maximum atomic E-state index is 7.46. The fourth-order valence-electron chi connectivity index (χ4n) is 3.96. The molecule has 4 heteroatoms. The molecule has 1 aromatic carbocycles. The zero-order valence-corrected chi connectivity index (χ0v) is 15.7. The van der Waals surface area contributed by atoms with Crippen LogP contribution in [0.15, 0.2) is 36.7 Å². The van der Waals surface area contributed by atoms with Gasteiger partial charge in [-0.3, -0.25) is 5.41 Å². The Morgan fingerprint density at radius 3 is 2.27 bits per heavy atom. The summed E-state index contributed by atoms with van der Waals surface area (Å²) in [6.45, 7) is 2.28. The molecule has 0 spiro atoms. The molecule has 26 heavy (non-hydrogen) atoms. The second kappa shape index (κ2) is 8.93. The van der Waals surface area contributed by atoms with Crippen LogP contribution in [-0.2, 0) is 0 Å². The van der Waals surface area contributed by atoms with E-state index in [1.54, 1.807) is 0 Å². The zero-order chi connectivity index (χ0) is 18.4. The predicted octanol–water partition coefficient (Wildman–Crippen LogP) is 5.28. The van der Waals surface area contributed by atoms with Crippen LogP contribution in [-0.4, -0.2) is 15.8 Å². The van der Waals surface area contributed by atoms with Gasteiger partial charge in [-0.05, 0) is 43.1 Å². The van der Waals surface area contributed by atoms with Crippen molar-refractivity contribution in [3.8, 4) is 11.4 Å². The molecule has 0 bridgehead atoms. The van der Waals surface area contributed by atoms with Gasteiger partial charge in [0.1, 0.15) is 5.84 Å². The molecular formula is C22H30N4. The normalized spacial score (nSPS) is 20.0. The molecule has 1 fully saturated rings. The Bertz CT molecular complexity index is 698. The van der Waals surface area contributed by atoms with Gasteiger partial charge < -0.3 is 5.73 Å². The van der Waals surface area contributed by atoms with E-state index >= 15 is 0 Å². The van der Waals surface area contributed by atoms with E-state index in [1.165, 1.54) is 56.9 Å². The second-order valence-electron chi connectivity index (χ2n) is 7.54. The van der Waals surface area contributed by atoms with Crippen LogP contribution < -0.4 is 5.73 Å². The highest BCUT2D eigenvalue weighted by molar-refractivity contribution is 5.95. The zero-order valence-electron chi connectivity index (χ0n) is 15.7. The van der Waals surface area contributed by atoms with Crippen molar-refractivity contribution in [2.24, 2.45) is 11.7 Å². The molecule has 1 aliphatic carbocycles. The molecule has 1 aliphatic rings. The van der Waals surface area contributed by atoms with Gasteiger partial charge in [-0.25, -0.2) is 9.97 Å². The van der Waals surface area contributed by atoms with Gasteiger partial charge in [-0.1, -0.05) is 56.9 Å². The summed E-state index contributed by atoms with van der Waals surface area (Å²) in [7, 11) is 0. The molecular weight excluding hydrogens is 320 g/mol. The fraction of sp³-hybridized carbons (Fsp3) is 0.500. The lowest BCUT2D eigenvalue weighted by molar-refractivity contribution is 0.302. The van der Waals surface area contributed by atoms with E-state index in [9.17, 15) is 0 Å². The van der Waals surface area contributed by atoms with Crippen LogP contribution in [0.2, 0.25) is 0 Å². The minimum atomic E-state index is 0.0816. The third-order valence-corrected chi connectivity index (χ3v) is 5.66. The quantitative estimate of drug-likeness (QED) is 0.405. The SMILES string of the molecule is CCCCC[C@H]1CC[C@H](c2cnc(-c3ccc(C(=N)N)cc3)nc2)CC1. The fourth-order valence-corrected chi connectivity index (χ4v) is 3.96. The van der Waals surface area contributed by atoms with Gasteiger partial charge in [-0.2, -0.15) is 0 Å². The van der Waals surface area contributed by atoms with Crippen LogP contribution in [0, 0.1) is 11.3 Å². The maximum Gasteiger partial charge on any atom is 0.159 e. The molecule has 0 aliphatic heterocycles. The van der Waals surface area contributed by atoms with Crippen molar-refractivity contribution in [2.45, 2.75) is 64.2 Å². The van der Waals surface area contributed by atoms with Crippen LogP contribution in [0.4, 0.5) is 0 Å². The number of aromatic nitrogens is 2. The first-order valence-electron chi connectivity index (χ1n) is 9.94. The highest BCUT2D eigenvalue weighted by Crippen LogP contribution is 2.37. The Morgan fingerprint density at radius 2 is 1.69 bits per heavy atom. The van der Waals surface area contributed by atoms with E-state index in [1.807, 2.05) is 36.7 Å². The van der Waals surface area contributed by atoms with E-state index in [0.717, 1.165) is 22.9 Å². The summed E-state index contributed by atoms with van der Waals surface area (Å²) in [6, 6.07) is 7.53. The summed E-state index contributed by atoms with van der Waals surface area (Å²) in [5, 5.41) is 7.46. The molecule has 0 amide bonds. The Labute approximate surface area is 156 Å². The van der Waals surface area contributed by atoms with Gasteiger partial charge in [-0.15, -0.1) is 0 Å². The average Bonchev–Trinajstić information content (AvgIpc) is 2.69. The van der Waals surface area contributed by atoms with Crippen molar-refractivity contribution >= 4 is 5.84 Å². The van der Waals surface area contributed by atoms with Crippen molar-refractivity contribution in [1.29, 1.82) is 5.41 Å². The van der Waals surface area contributed by atoms with Crippen LogP contribution >= 0.6 is 0 Å². The Balaban J connectivity index is 1.57. The first-order chi connectivity index (χ1) is 12.7. The number of hydrogen-bond donors (Lipinski definition) is 2. The lowest BCUT2D eigenvalue weighted by Crippen LogP contribution is -2.14. The largest absolute Gasteiger partial charge is 0.384 e. The third-order valence-electron chi connectivity index (χ3n) is 5.66. The lowest BCUT2D eigenvalue weighted by Gasteiger charge is -2.28. The van der Waals surface area contributed by atoms with Crippen molar-refractivity contribution in [3.63, 3.8) is 0 Å². The van der Waals surface area contributed by atoms with Crippen LogP contribution in [0.25, 0.3) is 11.4 Å². The van der Waals surface area contributed by atoms with Gasteiger partial charge >= 0.3 is 0 Å². The standard InChI is InChI=1S/C22H30N4/c1-2-3-4-5-16-6-8-17(9-7-16)20-14-25-22(26-15-20)19-12-10-18(11-13-19)21(23)24/h10-17H,2-9H2,1H3,(H3,23,24)/t16-,17-. The average molecular weight is 351 g/mol. The summed E-state index contributed by atoms with van der Waals surface area (Å²) < 4.78 is 0. The van der Waals surface area contributed by atoms with Crippen molar-refractivity contribution in [2.75, 3.05) is 0 Å². The molecule has 1 saturated carbocycles. The molecule has 0 atom stereocenters. The van der Waals surface area contributed by atoms with Crippen LogP contribution in [0.5, 0.6) is 0 Å². The highest BCUT2D eigenvalue weighted by Gasteiger charge is 2.22. The summed E-state index contributed by atoms with van der Waals surface area (Å²) in [5.41, 5.74) is 8.46. The molecule has 3 N–H and O–H groups in total. The lowest BCUT2D eigenvalue weighted by atomic mass is 9.77. The molecule has 0 saturated heterocycles. The Morgan fingerprint density at radius 1 is 1.04 bits per heavy atom. The van der Waals surface area contributed by atoms with Gasteiger partial charge in [0.25, 0.3) is 0 Å². The van der Waals surface area contributed by atoms with Crippen LogP contribution in [0.1, 0.15) is 75.3 Å². The van der Waals surface area contributed by atoms with Crippen molar-refractivity contribution in [1.82, 2.24) is 9.97 Å². The first-order valence-corrected chi connectivity index (χ1v) is 9.94. The minimum Gasteiger partial charge on any atom is -0.384 e. The van der Waals surface area contributed by atoms with Gasteiger partial charge in [0.15, 0.2) is 5.82 Å². The van der Waals surface area contributed by atoms with Gasteiger partial charge in [0, 0.05) is 23.5 Å². The number of nitrogens with two attached hydrogens (primary N) is 1. The molecule has 4 nitrogen and oxygen atoms in total. The van der Waals surface area contributed by atoms with Crippen LogP contribution in [0.3, 0.4) is 0 Å². The number of amidine groups is 1. The minimum absolute atomic E-state index is 0.0816. The smallest absolute Gasteiger partial charge is 0.159 e. The number of nitrogens with zero attached hydrogens (tertiary/aromatic N) is 2. The van der Waals surface area contributed by atoms with E-state index in [2.05, 4.69) is 16.9 Å². The summed E-state index contributed by atoms with van der Waals surface area (Å²) in [6.07, 6.45) is 14.7. The number of nitrogen functional groups attached to an aromatic ring is 1. The topological polar surface area (TPSA) is 75.7 Å². The molecule has 1 aromatic heterocycles. The maximum absolute atomic E-state index is 7.46. The number of unbranched alkanes of at least 4 members (excludes halogenated alkanes) is 2. The highest BCUT2D eigenvalue weighted by atomic mass is 14.9. The Hall–Kier alpha value is -2.23. The molecule has 2 aromatic rings. The number of benzene rings is 1. The molecule has 138 valence electrons. The predicted molar refractivity (Wildman–Crippen MR) is 107 cm³/mol. The molecule has 0 unspecified atom stereocenters. The molecule has 0 radical (unpaired) electrons. The number of nitrogens with one attached hydrogen (secondary N) is 1. The van der Waals surface area contributed by atoms with E-state index < -0.39 is 0 Å². The second-order valence-corrected chi connectivity index (χ2v) is 7.54. The summed E-state index contributed by atoms with van der Waals surface area (Å²) >= 11 is 0. The summed E-state index contributed by atoms with van der Waals surface area (Å²) in [4.78, 5) is 9.16. The monoisotopic (exact) mass is 350 g/mol.